The highest BCUT2D eigenvalue weighted by Gasteiger charge is 2.43. The van der Waals surface area contributed by atoms with Crippen LogP contribution in [0.4, 0.5) is 5.82 Å². The summed E-state index contributed by atoms with van der Waals surface area (Å²) in [6.07, 6.45) is 0.108. The lowest BCUT2D eigenvalue weighted by atomic mass is 10.2. The van der Waals surface area contributed by atoms with Gasteiger partial charge in [0.1, 0.15) is 24.6 Å². The first-order chi connectivity index (χ1) is 21.5. The number of hydrogen-bond acceptors (Lipinski definition) is 15. The number of carbonyl (C=O) groups is 1. The molecule has 3 heterocycles. The van der Waals surface area contributed by atoms with Crippen molar-refractivity contribution in [3.05, 3.63) is 48.5 Å². The first-order valence-electron chi connectivity index (χ1n) is 13.1. The normalized spacial score (nSPS) is 21.6. The molecule has 1 fully saturated rings. The number of imidazole rings is 1. The molecular formula is C22H31N6O13P3S2. The van der Waals surface area contributed by atoms with Gasteiger partial charge in [-0.2, -0.15) is 8.62 Å². The second-order valence-corrected chi connectivity index (χ2v) is 17.5. The SMILES string of the molecule is CC(C)(CN)SSCO[C@@H]1C[C@H](n2cnc3c(NC(=O)c4ccccc4)ncnc32)O[C@@H]1COP(=O)(O)OP(=O)(O)OP(=O)(O)O. The number of nitrogens with zero attached hydrogens (tertiary/aromatic N) is 4. The predicted molar refractivity (Wildman–Crippen MR) is 166 cm³/mol. The van der Waals surface area contributed by atoms with Gasteiger partial charge in [0.2, 0.25) is 0 Å². The Morgan fingerprint density at radius 3 is 2.50 bits per heavy atom. The van der Waals surface area contributed by atoms with Crippen molar-refractivity contribution in [2.24, 2.45) is 5.73 Å². The lowest BCUT2D eigenvalue weighted by molar-refractivity contribution is -0.0522. The van der Waals surface area contributed by atoms with Crippen molar-refractivity contribution in [3.8, 4) is 0 Å². The van der Waals surface area contributed by atoms with Crippen LogP contribution >= 0.6 is 45.1 Å². The molecule has 0 radical (unpaired) electrons. The summed E-state index contributed by atoms with van der Waals surface area (Å²) in [7, 11) is -13.8. The molecule has 19 nitrogen and oxygen atoms in total. The second kappa shape index (κ2) is 15.2. The molecule has 2 unspecified atom stereocenters. The van der Waals surface area contributed by atoms with E-state index in [0.29, 0.717) is 12.1 Å². The fourth-order valence-electron chi connectivity index (χ4n) is 3.92. The highest BCUT2D eigenvalue weighted by Crippen LogP contribution is 2.66. The van der Waals surface area contributed by atoms with Gasteiger partial charge >= 0.3 is 23.5 Å². The number of aromatic nitrogens is 4. The van der Waals surface area contributed by atoms with Gasteiger partial charge in [0.25, 0.3) is 5.91 Å². The smallest absolute Gasteiger partial charge is 0.364 e. The van der Waals surface area contributed by atoms with Crippen LogP contribution in [0.3, 0.4) is 0 Å². The van der Waals surface area contributed by atoms with E-state index < -0.39 is 54.4 Å². The first kappa shape index (κ1) is 37.1. The number of rotatable bonds is 16. The maximum absolute atomic E-state index is 12.7. The van der Waals surface area contributed by atoms with Gasteiger partial charge in [-0.1, -0.05) is 39.8 Å². The van der Waals surface area contributed by atoms with E-state index in [9.17, 15) is 28.3 Å². The van der Waals surface area contributed by atoms with Crippen molar-refractivity contribution in [2.45, 2.75) is 43.5 Å². The minimum Gasteiger partial charge on any atom is -0.364 e. The zero-order valence-electron chi connectivity index (χ0n) is 24.1. The third-order valence-electron chi connectivity index (χ3n) is 6.04. The summed E-state index contributed by atoms with van der Waals surface area (Å²) in [5.41, 5.74) is 6.70. The molecule has 5 atom stereocenters. The Hall–Kier alpha value is -1.77. The standard InChI is InChI=1S/C22H31N6O13P3S2/c1-22(2,10-23)46-45-13-37-15-8-17(39-16(15)9-38-43(33,34)41-44(35,36)40-42(30,31)32)28-12-26-18-19(24-11-25-20(18)28)27-21(29)14-6-4-3-5-7-14/h3-7,11-12,15-17H,8-10,13,23H2,1-2H3,(H,33,34)(H,35,36)(H2,30,31,32)(H,24,25,27,29)/t15-,16-,17-/m1/s1. The van der Waals surface area contributed by atoms with Crippen LogP contribution in [0.2, 0.25) is 0 Å². The van der Waals surface area contributed by atoms with E-state index in [4.69, 9.17) is 29.5 Å². The molecular weight excluding hydrogens is 713 g/mol. The number of fused-ring (bicyclic) bond motifs is 1. The van der Waals surface area contributed by atoms with Gasteiger partial charge in [-0.3, -0.25) is 13.9 Å². The van der Waals surface area contributed by atoms with Crippen LogP contribution in [0, 0.1) is 0 Å². The molecule has 2 aromatic heterocycles. The summed E-state index contributed by atoms with van der Waals surface area (Å²) in [6, 6.07) is 8.47. The molecule has 254 valence electrons. The van der Waals surface area contributed by atoms with Gasteiger partial charge in [-0.05, 0) is 26.0 Å². The predicted octanol–water partition coefficient (Wildman–Crippen LogP) is 3.17. The zero-order chi connectivity index (χ0) is 33.8. The summed E-state index contributed by atoms with van der Waals surface area (Å²) in [4.78, 5) is 62.4. The zero-order valence-corrected chi connectivity index (χ0v) is 28.4. The van der Waals surface area contributed by atoms with Crippen molar-refractivity contribution >= 4 is 67.9 Å². The van der Waals surface area contributed by atoms with E-state index in [0.717, 1.165) is 0 Å². The van der Waals surface area contributed by atoms with Crippen LogP contribution in [0.15, 0.2) is 43.0 Å². The third-order valence-corrected chi connectivity index (χ3v) is 12.8. The van der Waals surface area contributed by atoms with Crippen LogP contribution in [-0.2, 0) is 36.3 Å². The van der Waals surface area contributed by atoms with Crippen molar-refractivity contribution in [3.63, 3.8) is 0 Å². The fraction of sp³-hybridized carbons (Fsp3) is 0.455. The molecule has 0 spiro atoms. The molecule has 0 aliphatic carbocycles. The number of nitrogens with one attached hydrogen (secondary N) is 1. The van der Waals surface area contributed by atoms with Crippen LogP contribution in [-0.4, -0.2) is 81.0 Å². The number of ether oxygens (including phenoxy) is 2. The third kappa shape index (κ3) is 10.6. The average Bonchev–Trinajstić information content (AvgIpc) is 3.57. The van der Waals surface area contributed by atoms with Gasteiger partial charge in [0, 0.05) is 23.3 Å². The van der Waals surface area contributed by atoms with Crippen molar-refractivity contribution in [2.75, 3.05) is 24.4 Å². The summed E-state index contributed by atoms with van der Waals surface area (Å²) in [5.74, 6) is -0.132. The van der Waals surface area contributed by atoms with E-state index >= 15 is 0 Å². The van der Waals surface area contributed by atoms with E-state index in [1.807, 2.05) is 13.8 Å². The highest BCUT2D eigenvalue weighted by molar-refractivity contribution is 8.77. The molecule has 46 heavy (non-hydrogen) atoms. The van der Waals surface area contributed by atoms with Crippen LogP contribution in [0.25, 0.3) is 11.2 Å². The maximum atomic E-state index is 12.7. The van der Waals surface area contributed by atoms with Gasteiger partial charge < -0.3 is 40.1 Å². The van der Waals surface area contributed by atoms with Gasteiger partial charge in [-0.25, -0.2) is 28.6 Å². The van der Waals surface area contributed by atoms with E-state index in [1.165, 1.54) is 38.8 Å². The minimum absolute atomic E-state index is 0.142. The van der Waals surface area contributed by atoms with Gasteiger partial charge in [0.05, 0.1) is 19.0 Å². The molecule has 7 N–H and O–H groups in total. The Balaban J connectivity index is 1.50. The fourth-order valence-corrected chi connectivity index (χ4v) is 9.09. The van der Waals surface area contributed by atoms with Crippen LogP contribution in [0.1, 0.15) is 36.9 Å². The van der Waals surface area contributed by atoms with E-state index in [1.54, 1.807) is 30.3 Å². The molecule has 24 heteroatoms. The molecule has 0 saturated carbocycles. The topological polar surface area (TPSA) is 277 Å². The molecule has 1 aliphatic heterocycles. The van der Waals surface area contributed by atoms with E-state index in [2.05, 4.69) is 28.9 Å². The highest BCUT2D eigenvalue weighted by atomic mass is 33.1. The lowest BCUT2D eigenvalue weighted by Gasteiger charge is -2.23. The minimum atomic E-state index is -5.71. The number of carbonyl (C=O) groups excluding carboxylic acids is 1. The maximum Gasteiger partial charge on any atom is 0.490 e. The Morgan fingerprint density at radius 1 is 1.11 bits per heavy atom. The van der Waals surface area contributed by atoms with Crippen molar-refractivity contribution in [1.29, 1.82) is 0 Å². The number of phosphoric acid groups is 3. The van der Waals surface area contributed by atoms with Crippen LogP contribution in [0.5, 0.6) is 0 Å². The summed E-state index contributed by atoms with van der Waals surface area (Å²) in [6.45, 7) is 3.59. The Labute approximate surface area is 269 Å². The largest absolute Gasteiger partial charge is 0.490 e. The molecule has 3 aromatic rings. The number of benzene rings is 1. The average molecular weight is 745 g/mol. The van der Waals surface area contributed by atoms with Crippen molar-refractivity contribution in [1.82, 2.24) is 19.5 Å². The monoisotopic (exact) mass is 744 g/mol. The number of nitrogens with two attached hydrogens (primary N) is 1. The Kier molecular flexibility index (Phi) is 12.2. The number of phosphoric ester groups is 1. The van der Waals surface area contributed by atoms with Crippen molar-refractivity contribution < 1.29 is 60.7 Å². The Bertz CT molecular complexity index is 1660. The molecule has 0 bridgehead atoms. The number of anilines is 1. The number of hydrogen-bond donors (Lipinski definition) is 6. The first-order valence-corrected chi connectivity index (χ1v) is 19.9. The lowest BCUT2D eigenvalue weighted by Crippen LogP contribution is -2.29. The molecule has 1 saturated heterocycles. The molecule has 1 aromatic carbocycles. The molecule has 4 rings (SSSR count). The van der Waals surface area contributed by atoms with Crippen LogP contribution < -0.4 is 11.1 Å². The number of amides is 1. The van der Waals surface area contributed by atoms with Gasteiger partial charge in [-0.15, -0.1) is 0 Å². The second-order valence-electron chi connectivity index (χ2n) is 10.1. The molecule has 1 amide bonds. The van der Waals surface area contributed by atoms with E-state index in [-0.39, 0.29) is 34.1 Å². The quantitative estimate of drug-likeness (QED) is 0.0531. The Morgan fingerprint density at radius 2 is 1.83 bits per heavy atom. The summed E-state index contributed by atoms with van der Waals surface area (Å²) < 4.78 is 60.7. The van der Waals surface area contributed by atoms with Gasteiger partial charge in [0.15, 0.2) is 17.0 Å². The summed E-state index contributed by atoms with van der Waals surface area (Å²) in [5, 5.41) is 2.70. The summed E-state index contributed by atoms with van der Waals surface area (Å²) >= 11 is 0. The molecule has 1 aliphatic rings.